The van der Waals surface area contributed by atoms with E-state index in [2.05, 4.69) is 31.3 Å². The lowest BCUT2D eigenvalue weighted by atomic mass is 9.82. The molecule has 0 aromatic rings. The first-order valence-electron chi connectivity index (χ1n) is 8.18. The first-order chi connectivity index (χ1) is 8.74. The third-order valence-electron chi connectivity index (χ3n) is 5.86. The molecular formula is C17H29N. The summed E-state index contributed by atoms with van der Waals surface area (Å²) in [4.78, 5) is 0. The highest BCUT2D eigenvalue weighted by Crippen LogP contribution is 2.45. The highest BCUT2D eigenvalue weighted by molar-refractivity contribution is 5.11. The van der Waals surface area contributed by atoms with Gasteiger partial charge in [0.2, 0.25) is 0 Å². The number of rotatable bonds is 4. The van der Waals surface area contributed by atoms with Crippen LogP contribution >= 0.6 is 0 Å². The topological polar surface area (TPSA) is 12.0 Å². The Bertz CT molecular complexity index is 303. The number of fused-ring (bicyclic) bond motifs is 2. The van der Waals surface area contributed by atoms with Crippen molar-refractivity contribution >= 4 is 0 Å². The van der Waals surface area contributed by atoms with Crippen molar-refractivity contribution in [1.82, 2.24) is 5.32 Å². The first-order valence-corrected chi connectivity index (χ1v) is 8.18. The summed E-state index contributed by atoms with van der Waals surface area (Å²) in [5.41, 5.74) is 0. The predicted octanol–water partition coefficient (Wildman–Crippen LogP) is 4.15. The van der Waals surface area contributed by atoms with Gasteiger partial charge in [0.15, 0.2) is 0 Å². The molecule has 2 saturated carbocycles. The zero-order valence-corrected chi connectivity index (χ0v) is 12.1. The smallest absolute Gasteiger partial charge is 0.00754 e. The first kappa shape index (κ1) is 12.7. The molecule has 4 unspecified atom stereocenters. The Morgan fingerprint density at radius 3 is 2.33 bits per heavy atom. The van der Waals surface area contributed by atoms with Crippen LogP contribution in [0.15, 0.2) is 12.2 Å². The molecular weight excluding hydrogens is 218 g/mol. The van der Waals surface area contributed by atoms with Crippen LogP contribution in [0.3, 0.4) is 0 Å². The molecule has 1 heteroatoms. The summed E-state index contributed by atoms with van der Waals surface area (Å²) in [6.07, 6.45) is 15.1. The van der Waals surface area contributed by atoms with Crippen LogP contribution in [0.4, 0.5) is 0 Å². The van der Waals surface area contributed by atoms with Gasteiger partial charge in [0, 0.05) is 12.1 Å². The second kappa shape index (κ2) is 5.36. The van der Waals surface area contributed by atoms with Crippen molar-refractivity contribution in [2.75, 3.05) is 0 Å². The normalized spacial score (nSPS) is 39.1. The van der Waals surface area contributed by atoms with Gasteiger partial charge in [0.25, 0.3) is 0 Å². The van der Waals surface area contributed by atoms with E-state index in [0.717, 1.165) is 29.7 Å². The standard InChI is InChI=1S/C17H29N/c1-12(15-6-4-3-5-7-15)18-13(2)17-11-14-8-9-16(17)10-14/h8-9,12-18H,3-7,10-11H2,1-2H3/t12-,13?,14?,16?,17?/m0/s1. The molecule has 0 spiro atoms. The Labute approximate surface area is 112 Å². The van der Waals surface area contributed by atoms with Crippen molar-refractivity contribution in [2.24, 2.45) is 23.7 Å². The van der Waals surface area contributed by atoms with Gasteiger partial charge in [-0.2, -0.15) is 0 Å². The second-order valence-corrected chi connectivity index (χ2v) is 7.09. The number of allylic oxidation sites excluding steroid dienone is 2. The summed E-state index contributed by atoms with van der Waals surface area (Å²) in [6, 6.07) is 1.44. The van der Waals surface area contributed by atoms with Gasteiger partial charge in [-0.05, 0) is 63.2 Å². The molecule has 5 atom stereocenters. The third-order valence-corrected chi connectivity index (χ3v) is 5.86. The Kier molecular flexibility index (Phi) is 3.79. The average molecular weight is 247 g/mol. The molecule has 3 aliphatic carbocycles. The van der Waals surface area contributed by atoms with Crippen LogP contribution in [0.2, 0.25) is 0 Å². The summed E-state index contributed by atoms with van der Waals surface area (Å²) >= 11 is 0. The van der Waals surface area contributed by atoms with E-state index in [1.54, 1.807) is 0 Å². The molecule has 0 aliphatic heterocycles. The monoisotopic (exact) mass is 247 g/mol. The van der Waals surface area contributed by atoms with Crippen LogP contribution in [0.25, 0.3) is 0 Å². The molecule has 0 heterocycles. The van der Waals surface area contributed by atoms with Gasteiger partial charge in [-0.25, -0.2) is 0 Å². The second-order valence-electron chi connectivity index (χ2n) is 7.09. The van der Waals surface area contributed by atoms with E-state index < -0.39 is 0 Å². The van der Waals surface area contributed by atoms with Crippen LogP contribution in [0.1, 0.15) is 58.8 Å². The van der Waals surface area contributed by atoms with E-state index >= 15 is 0 Å². The van der Waals surface area contributed by atoms with E-state index in [4.69, 9.17) is 0 Å². The quantitative estimate of drug-likeness (QED) is 0.736. The van der Waals surface area contributed by atoms with Crippen LogP contribution in [0, 0.1) is 23.7 Å². The molecule has 2 fully saturated rings. The van der Waals surface area contributed by atoms with Gasteiger partial charge in [0.1, 0.15) is 0 Å². The molecule has 18 heavy (non-hydrogen) atoms. The number of nitrogens with one attached hydrogen (secondary N) is 1. The predicted molar refractivity (Wildman–Crippen MR) is 77.5 cm³/mol. The maximum absolute atomic E-state index is 3.94. The molecule has 3 aliphatic rings. The molecule has 2 bridgehead atoms. The van der Waals surface area contributed by atoms with Gasteiger partial charge in [0.05, 0.1) is 0 Å². The molecule has 0 aromatic carbocycles. The van der Waals surface area contributed by atoms with Crippen molar-refractivity contribution in [3.8, 4) is 0 Å². The molecule has 0 aromatic heterocycles. The Morgan fingerprint density at radius 2 is 1.72 bits per heavy atom. The lowest BCUT2D eigenvalue weighted by Gasteiger charge is -2.34. The Balaban J connectivity index is 1.51. The molecule has 0 radical (unpaired) electrons. The van der Waals surface area contributed by atoms with Crippen molar-refractivity contribution in [3.63, 3.8) is 0 Å². The molecule has 1 N–H and O–H groups in total. The zero-order chi connectivity index (χ0) is 12.5. The van der Waals surface area contributed by atoms with Crippen molar-refractivity contribution in [1.29, 1.82) is 0 Å². The summed E-state index contributed by atoms with van der Waals surface area (Å²) in [5.74, 6) is 3.65. The summed E-state index contributed by atoms with van der Waals surface area (Å²) < 4.78 is 0. The SMILES string of the molecule is CC(N[C@@H](C)C1CCCCC1)C1CC2C=CC1C2. The molecule has 102 valence electrons. The number of hydrogen-bond donors (Lipinski definition) is 1. The van der Waals surface area contributed by atoms with Crippen LogP contribution < -0.4 is 5.32 Å². The fourth-order valence-corrected chi connectivity index (χ4v) is 4.71. The van der Waals surface area contributed by atoms with Gasteiger partial charge < -0.3 is 5.32 Å². The fraction of sp³-hybridized carbons (Fsp3) is 0.882. The van der Waals surface area contributed by atoms with E-state index in [-0.39, 0.29) is 0 Å². The lowest BCUT2D eigenvalue weighted by Crippen LogP contribution is -2.44. The molecule has 3 rings (SSSR count). The van der Waals surface area contributed by atoms with Crippen LogP contribution in [-0.2, 0) is 0 Å². The summed E-state index contributed by atoms with van der Waals surface area (Å²) in [7, 11) is 0. The lowest BCUT2D eigenvalue weighted by molar-refractivity contribution is 0.231. The highest BCUT2D eigenvalue weighted by Gasteiger charge is 2.39. The van der Waals surface area contributed by atoms with Crippen molar-refractivity contribution in [3.05, 3.63) is 12.2 Å². The minimum atomic E-state index is 0.710. The third kappa shape index (κ3) is 2.52. The number of hydrogen-bond acceptors (Lipinski definition) is 1. The largest absolute Gasteiger partial charge is 0.311 e. The summed E-state index contributed by atoms with van der Waals surface area (Å²) in [5, 5.41) is 3.94. The Hall–Kier alpha value is -0.300. The Morgan fingerprint density at radius 1 is 0.944 bits per heavy atom. The van der Waals surface area contributed by atoms with Gasteiger partial charge in [-0.15, -0.1) is 0 Å². The summed E-state index contributed by atoms with van der Waals surface area (Å²) in [6.45, 7) is 4.86. The van der Waals surface area contributed by atoms with E-state index in [0.29, 0.717) is 6.04 Å². The van der Waals surface area contributed by atoms with Crippen molar-refractivity contribution < 1.29 is 0 Å². The minimum Gasteiger partial charge on any atom is -0.311 e. The van der Waals surface area contributed by atoms with Gasteiger partial charge in [-0.1, -0.05) is 31.4 Å². The molecule has 0 amide bonds. The van der Waals surface area contributed by atoms with Crippen LogP contribution in [-0.4, -0.2) is 12.1 Å². The fourth-order valence-electron chi connectivity index (χ4n) is 4.71. The van der Waals surface area contributed by atoms with Gasteiger partial charge in [-0.3, -0.25) is 0 Å². The maximum Gasteiger partial charge on any atom is 0.00754 e. The molecule has 0 saturated heterocycles. The van der Waals surface area contributed by atoms with Gasteiger partial charge >= 0.3 is 0 Å². The molecule has 1 nitrogen and oxygen atoms in total. The minimum absolute atomic E-state index is 0.710. The zero-order valence-electron chi connectivity index (χ0n) is 12.1. The van der Waals surface area contributed by atoms with E-state index in [1.807, 2.05) is 0 Å². The average Bonchev–Trinajstić information content (AvgIpc) is 3.02. The van der Waals surface area contributed by atoms with E-state index in [9.17, 15) is 0 Å². The maximum atomic E-state index is 3.94. The van der Waals surface area contributed by atoms with E-state index in [1.165, 1.54) is 44.9 Å². The highest BCUT2D eigenvalue weighted by atomic mass is 15.0. The van der Waals surface area contributed by atoms with Crippen LogP contribution in [0.5, 0.6) is 0 Å². The van der Waals surface area contributed by atoms with Crippen molar-refractivity contribution in [2.45, 2.75) is 70.9 Å².